The Balaban J connectivity index is 1.62. The minimum atomic E-state index is -0.232. The van der Waals surface area contributed by atoms with Crippen LogP contribution in [0.4, 0.5) is 0 Å². The van der Waals surface area contributed by atoms with Crippen molar-refractivity contribution in [3.8, 4) is 0 Å². The molecule has 2 fully saturated rings. The highest BCUT2D eigenvalue weighted by Gasteiger charge is 2.35. The van der Waals surface area contributed by atoms with E-state index in [1.165, 1.54) is 16.0 Å². The molecule has 0 radical (unpaired) electrons. The number of hydrogen-bond donors (Lipinski definition) is 0. The number of nitrogens with zero attached hydrogens (tertiary/aromatic N) is 1. The van der Waals surface area contributed by atoms with Crippen molar-refractivity contribution in [1.29, 1.82) is 0 Å². The van der Waals surface area contributed by atoms with Crippen LogP contribution in [0.1, 0.15) is 30.4 Å². The van der Waals surface area contributed by atoms with E-state index in [2.05, 4.69) is 32.0 Å². The Morgan fingerprint density at radius 2 is 2.04 bits per heavy atom. The number of amides is 1. The molecular formula is C18H25NO3S. The molecule has 0 aromatic heterocycles. The summed E-state index contributed by atoms with van der Waals surface area (Å²) in [5, 5.41) is 0. The fourth-order valence-electron chi connectivity index (χ4n) is 3.23. The second-order valence-corrected chi connectivity index (χ2v) is 7.34. The maximum absolute atomic E-state index is 12.7. The molecule has 1 amide bonds. The summed E-state index contributed by atoms with van der Waals surface area (Å²) < 4.78 is 11.3. The highest BCUT2D eigenvalue weighted by Crippen LogP contribution is 2.28. The molecule has 0 spiro atoms. The minimum Gasteiger partial charge on any atom is -0.348 e. The molecule has 5 heteroatoms. The third kappa shape index (κ3) is 4.08. The van der Waals surface area contributed by atoms with Crippen molar-refractivity contribution in [3.05, 3.63) is 29.3 Å². The SMILES string of the molecule is Cc1ccc(C)c(SCC(=O)N2CCCCC2C2OCCO2)c1. The van der Waals surface area contributed by atoms with Crippen LogP contribution in [-0.4, -0.2) is 48.7 Å². The average Bonchev–Trinajstić information content (AvgIpc) is 3.10. The van der Waals surface area contributed by atoms with Crippen molar-refractivity contribution in [2.45, 2.75) is 50.3 Å². The van der Waals surface area contributed by atoms with Gasteiger partial charge in [-0.2, -0.15) is 0 Å². The normalized spacial score (nSPS) is 22.5. The lowest BCUT2D eigenvalue weighted by molar-refractivity contribution is -0.148. The summed E-state index contributed by atoms with van der Waals surface area (Å²) >= 11 is 1.63. The quantitative estimate of drug-likeness (QED) is 0.793. The van der Waals surface area contributed by atoms with Crippen molar-refractivity contribution < 1.29 is 14.3 Å². The Kier molecular flexibility index (Phi) is 5.62. The molecule has 0 N–H and O–H groups in total. The first kappa shape index (κ1) is 16.8. The first-order valence-corrected chi connectivity index (χ1v) is 9.36. The van der Waals surface area contributed by atoms with Gasteiger partial charge in [-0.25, -0.2) is 0 Å². The van der Waals surface area contributed by atoms with Crippen molar-refractivity contribution >= 4 is 17.7 Å². The molecule has 2 aliphatic heterocycles. The molecule has 1 aromatic carbocycles. The molecule has 2 saturated heterocycles. The largest absolute Gasteiger partial charge is 0.348 e. The van der Waals surface area contributed by atoms with Crippen LogP contribution >= 0.6 is 11.8 Å². The van der Waals surface area contributed by atoms with E-state index in [1.807, 2.05) is 4.90 Å². The molecule has 1 atom stereocenters. The van der Waals surface area contributed by atoms with E-state index >= 15 is 0 Å². The summed E-state index contributed by atoms with van der Waals surface area (Å²) in [7, 11) is 0. The summed E-state index contributed by atoms with van der Waals surface area (Å²) in [5.41, 5.74) is 2.46. The van der Waals surface area contributed by atoms with Gasteiger partial charge < -0.3 is 14.4 Å². The van der Waals surface area contributed by atoms with Crippen molar-refractivity contribution in [1.82, 2.24) is 4.90 Å². The van der Waals surface area contributed by atoms with Crippen LogP contribution in [0.2, 0.25) is 0 Å². The second-order valence-electron chi connectivity index (χ2n) is 6.32. The predicted molar refractivity (Wildman–Crippen MR) is 91.7 cm³/mol. The summed E-state index contributed by atoms with van der Waals surface area (Å²) in [5.74, 6) is 0.674. The summed E-state index contributed by atoms with van der Waals surface area (Å²) in [6, 6.07) is 6.46. The molecule has 3 rings (SSSR count). The summed E-state index contributed by atoms with van der Waals surface area (Å²) in [6.07, 6.45) is 2.96. The Labute approximate surface area is 142 Å². The van der Waals surface area contributed by atoms with Crippen LogP contribution in [-0.2, 0) is 14.3 Å². The van der Waals surface area contributed by atoms with Gasteiger partial charge in [0.1, 0.15) is 0 Å². The van der Waals surface area contributed by atoms with Gasteiger partial charge in [0, 0.05) is 11.4 Å². The van der Waals surface area contributed by atoms with Crippen LogP contribution in [0.25, 0.3) is 0 Å². The molecule has 0 bridgehead atoms. The minimum absolute atomic E-state index is 0.0814. The molecular weight excluding hydrogens is 310 g/mol. The standard InChI is InChI=1S/C18H25NO3S/c1-13-6-7-14(2)16(11-13)23-12-17(20)19-8-4-3-5-15(19)18-21-9-10-22-18/h6-7,11,15,18H,3-5,8-10,12H2,1-2H3. The Hall–Kier alpha value is -1.04. The van der Waals surface area contributed by atoms with Crippen LogP contribution < -0.4 is 0 Å². The van der Waals surface area contributed by atoms with Crippen molar-refractivity contribution in [2.24, 2.45) is 0 Å². The zero-order chi connectivity index (χ0) is 16.2. The number of benzene rings is 1. The number of hydrogen-bond acceptors (Lipinski definition) is 4. The predicted octanol–water partition coefficient (Wildman–Crippen LogP) is 3.15. The molecule has 2 aliphatic rings. The van der Waals surface area contributed by atoms with Gasteiger partial charge >= 0.3 is 0 Å². The third-order valence-corrected chi connectivity index (χ3v) is 5.67. The summed E-state index contributed by atoms with van der Waals surface area (Å²) in [6.45, 7) is 6.28. The number of thioether (sulfide) groups is 1. The van der Waals surface area contributed by atoms with Crippen LogP contribution in [0.5, 0.6) is 0 Å². The van der Waals surface area contributed by atoms with E-state index in [0.717, 1.165) is 25.8 Å². The Bertz CT molecular complexity index is 557. The van der Waals surface area contributed by atoms with Gasteiger partial charge in [0.05, 0.1) is 25.0 Å². The highest BCUT2D eigenvalue weighted by atomic mass is 32.2. The van der Waals surface area contributed by atoms with Gasteiger partial charge in [-0.1, -0.05) is 17.7 Å². The lowest BCUT2D eigenvalue weighted by Crippen LogP contribution is -2.50. The van der Waals surface area contributed by atoms with E-state index < -0.39 is 0 Å². The molecule has 2 heterocycles. The van der Waals surface area contributed by atoms with Gasteiger partial charge in [-0.3, -0.25) is 4.79 Å². The topological polar surface area (TPSA) is 38.8 Å². The molecule has 1 unspecified atom stereocenters. The maximum Gasteiger partial charge on any atom is 0.233 e. The monoisotopic (exact) mass is 335 g/mol. The average molecular weight is 335 g/mol. The van der Waals surface area contributed by atoms with E-state index in [4.69, 9.17) is 9.47 Å². The Morgan fingerprint density at radius 3 is 2.83 bits per heavy atom. The van der Waals surface area contributed by atoms with Crippen molar-refractivity contribution in [2.75, 3.05) is 25.5 Å². The fraction of sp³-hybridized carbons (Fsp3) is 0.611. The first-order chi connectivity index (χ1) is 11.1. The first-order valence-electron chi connectivity index (χ1n) is 8.38. The lowest BCUT2D eigenvalue weighted by Gasteiger charge is -2.38. The zero-order valence-electron chi connectivity index (χ0n) is 13.9. The molecule has 1 aromatic rings. The van der Waals surface area contributed by atoms with E-state index in [-0.39, 0.29) is 18.2 Å². The lowest BCUT2D eigenvalue weighted by atomic mass is 10.0. The number of aryl methyl sites for hydroxylation is 2. The number of ether oxygens (including phenoxy) is 2. The van der Waals surface area contributed by atoms with Crippen LogP contribution in [0.15, 0.2) is 23.1 Å². The molecule has 0 saturated carbocycles. The Morgan fingerprint density at radius 1 is 1.26 bits per heavy atom. The number of carbonyl (C=O) groups is 1. The smallest absolute Gasteiger partial charge is 0.233 e. The molecule has 23 heavy (non-hydrogen) atoms. The molecule has 126 valence electrons. The summed E-state index contributed by atoms with van der Waals surface area (Å²) in [4.78, 5) is 15.9. The van der Waals surface area contributed by atoms with Crippen molar-refractivity contribution in [3.63, 3.8) is 0 Å². The number of piperidine rings is 1. The van der Waals surface area contributed by atoms with Gasteiger partial charge in [0.15, 0.2) is 6.29 Å². The number of rotatable bonds is 4. The molecule has 4 nitrogen and oxygen atoms in total. The van der Waals surface area contributed by atoms with Crippen LogP contribution in [0.3, 0.4) is 0 Å². The van der Waals surface area contributed by atoms with E-state index in [1.54, 1.807) is 11.8 Å². The fourth-order valence-corrected chi connectivity index (χ4v) is 4.24. The third-order valence-electron chi connectivity index (χ3n) is 4.53. The van der Waals surface area contributed by atoms with Gasteiger partial charge in [-0.15, -0.1) is 11.8 Å². The number of carbonyl (C=O) groups excluding carboxylic acids is 1. The van der Waals surface area contributed by atoms with E-state index in [9.17, 15) is 4.79 Å². The van der Waals surface area contributed by atoms with Gasteiger partial charge in [-0.05, 0) is 44.7 Å². The second kappa shape index (κ2) is 7.69. The number of likely N-dealkylation sites (tertiary alicyclic amines) is 1. The van der Waals surface area contributed by atoms with Gasteiger partial charge in [0.2, 0.25) is 5.91 Å². The maximum atomic E-state index is 12.7. The highest BCUT2D eigenvalue weighted by molar-refractivity contribution is 8.00. The van der Waals surface area contributed by atoms with Crippen LogP contribution in [0, 0.1) is 13.8 Å². The molecule has 0 aliphatic carbocycles. The van der Waals surface area contributed by atoms with Gasteiger partial charge in [0.25, 0.3) is 0 Å². The zero-order valence-corrected chi connectivity index (χ0v) is 14.7. The van der Waals surface area contributed by atoms with E-state index in [0.29, 0.717) is 19.0 Å².